The molecule has 0 aliphatic heterocycles. The minimum Gasteiger partial charge on any atom is -0.330 e. The maximum absolute atomic E-state index is 11.7. The first-order valence-electron chi connectivity index (χ1n) is 6.30. The Morgan fingerprint density at radius 2 is 1.45 bits per heavy atom. The summed E-state index contributed by atoms with van der Waals surface area (Å²) in [5.74, 6) is 0. The van der Waals surface area contributed by atoms with Crippen LogP contribution in [0.3, 0.4) is 0 Å². The molecule has 3 aromatic rings. The first-order valence-corrected chi connectivity index (χ1v) is 7.86. The molecule has 1 N–H and O–H groups in total. The second-order valence-corrected chi connectivity index (χ2v) is 5.75. The maximum atomic E-state index is 11.7. The molecule has 0 saturated heterocycles. The summed E-state index contributed by atoms with van der Waals surface area (Å²) in [6.07, 6.45) is 1.63. The quantitative estimate of drug-likeness (QED) is 0.799. The van der Waals surface area contributed by atoms with Crippen molar-refractivity contribution in [3.05, 3.63) is 60.7 Å². The van der Waals surface area contributed by atoms with Crippen LogP contribution in [0.2, 0.25) is 0 Å². The molecule has 0 spiro atoms. The van der Waals surface area contributed by atoms with Crippen LogP contribution < -0.4 is 0 Å². The monoisotopic (exact) mass is 282 g/mol. The molecule has 1 aromatic heterocycles. The molecule has 3 rings (SSSR count). The Hall–Kier alpha value is -2.20. The number of nitrogens with one attached hydrogen (secondary N) is 1. The van der Waals surface area contributed by atoms with Crippen molar-refractivity contribution in [3.8, 4) is 22.5 Å². The number of aromatic nitrogens is 2. The van der Waals surface area contributed by atoms with Crippen LogP contribution in [0.4, 0.5) is 0 Å². The summed E-state index contributed by atoms with van der Waals surface area (Å²) in [4.78, 5) is 7.69. The third kappa shape index (κ3) is 2.42. The number of aromatic amines is 1. The van der Waals surface area contributed by atoms with E-state index >= 15 is 0 Å². The van der Waals surface area contributed by atoms with Gasteiger partial charge in [-0.2, -0.15) is 0 Å². The normalized spacial score (nSPS) is 12.2. The SMILES string of the molecule is CS(=O)c1nc(-c2ccccc2)c(-c2ccccc2)[nH]1. The van der Waals surface area contributed by atoms with Gasteiger partial charge in [-0.05, 0) is 0 Å². The van der Waals surface area contributed by atoms with Crippen LogP contribution >= 0.6 is 0 Å². The van der Waals surface area contributed by atoms with E-state index in [1.807, 2.05) is 60.7 Å². The van der Waals surface area contributed by atoms with Crippen molar-refractivity contribution in [3.63, 3.8) is 0 Å². The lowest BCUT2D eigenvalue weighted by Gasteiger charge is -2.02. The summed E-state index contributed by atoms with van der Waals surface area (Å²) in [5, 5.41) is 0.503. The lowest BCUT2D eigenvalue weighted by atomic mass is 10.1. The number of H-pyrrole nitrogens is 1. The van der Waals surface area contributed by atoms with E-state index in [1.165, 1.54) is 0 Å². The van der Waals surface area contributed by atoms with Gasteiger partial charge in [-0.15, -0.1) is 0 Å². The van der Waals surface area contributed by atoms with Crippen molar-refractivity contribution in [1.82, 2.24) is 9.97 Å². The Morgan fingerprint density at radius 1 is 0.900 bits per heavy atom. The average molecular weight is 282 g/mol. The van der Waals surface area contributed by atoms with Gasteiger partial charge in [-0.3, -0.25) is 4.21 Å². The predicted octanol–water partition coefficient (Wildman–Crippen LogP) is 3.48. The highest BCUT2D eigenvalue weighted by molar-refractivity contribution is 7.84. The Morgan fingerprint density at radius 3 is 2.00 bits per heavy atom. The zero-order valence-electron chi connectivity index (χ0n) is 11.0. The molecule has 0 aliphatic rings. The minimum atomic E-state index is -1.13. The Balaban J connectivity index is 2.20. The van der Waals surface area contributed by atoms with Crippen LogP contribution in [0, 0.1) is 0 Å². The third-order valence-corrected chi connectivity index (χ3v) is 3.80. The molecule has 0 aliphatic carbocycles. The second kappa shape index (κ2) is 5.43. The summed E-state index contributed by atoms with van der Waals surface area (Å²) in [6, 6.07) is 19.9. The van der Waals surface area contributed by atoms with Crippen molar-refractivity contribution in [1.29, 1.82) is 0 Å². The molecule has 0 bridgehead atoms. The summed E-state index contributed by atoms with van der Waals surface area (Å²) >= 11 is 0. The standard InChI is InChI=1S/C16H14N2OS/c1-20(19)16-17-14(12-8-4-2-5-9-12)15(18-16)13-10-6-3-7-11-13/h2-11H,1H3,(H,17,18). The van der Waals surface area contributed by atoms with E-state index in [2.05, 4.69) is 9.97 Å². The fourth-order valence-corrected chi connectivity index (χ4v) is 2.57. The number of rotatable bonds is 3. The molecule has 1 unspecified atom stereocenters. The molecule has 1 atom stereocenters. The topological polar surface area (TPSA) is 45.8 Å². The second-order valence-electron chi connectivity index (χ2n) is 4.45. The zero-order chi connectivity index (χ0) is 13.9. The molecule has 0 saturated carbocycles. The van der Waals surface area contributed by atoms with Crippen molar-refractivity contribution >= 4 is 10.8 Å². The number of hydrogen-bond acceptors (Lipinski definition) is 2. The first-order chi connectivity index (χ1) is 9.75. The van der Waals surface area contributed by atoms with Crippen molar-refractivity contribution in [2.75, 3.05) is 6.26 Å². The molecule has 20 heavy (non-hydrogen) atoms. The highest BCUT2D eigenvalue weighted by Gasteiger charge is 2.15. The van der Waals surface area contributed by atoms with Crippen LogP contribution in [0.15, 0.2) is 65.8 Å². The van der Waals surface area contributed by atoms with E-state index < -0.39 is 10.8 Å². The lowest BCUT2D eigenvalue weighted by molar-refractivity contribution is 0.681. The van der Waals surface area contributed by atoms with Gasteiger partial charge in [-0.25, -0.2) is 4.98 Å². The number of benzene rings is 2. The lowest BCUT2D eigenvalue weighted by Crippen LogP contribution is -1.89. The number of imidazole rings is 1. The van der Waals surface area contributed by atoms with Crippen LogP contribution in [0.25, 0.3) is 22.5 Å². The van der Waals surface area contributed by atoms with E-state index in [9.17, 15) is 4.21 Å². The highest BCUT2D eigenvalue weighted by Crippen LogP contribution is 2.30. The smallest absolute Gasteiger partial charge is 0.197 e. The van der Waals surface area contributed by atoms with Crippen molar-refractivity contribution in [2.24, 2.45) is 0 Å². The number of hydrogen-bond donors (Lipinski definition) is 1. The van der Waals surface area contributed by atoms with E-state index in [0.717, 1.165) is 22.5 Å². The van der Waals surface area contributed by atoms with Crippen LogP contribution in [-0.2, 0) is 10.8 Å². The van der Waals surface area contributed by atoms with E-state index in [4.69, 9.17) is 0 Å². The minimum absolute atomic E-state index is 0.503. The van der Waals surface area contributed by atoms with Crippen LogP contribution in [-0.4, -0.2) is 20.4 Å². The van der Waals surface area contributed by atoms with Gasteiger partial charge < -0.3 is 4.98 Å². The molecule has 0 radical (unpaired) electrons. The van der Waals surface area contributed by atoms with Crippen LogP contribution in [0.5, 0.6) is 0 Å². The molecule has 3 nitrogen and oxygen atoms in total. The zero-order valence-corrected chi connectivity index (χ0v) is 11.9. The summed E-state index contributed by atoms with van der Waals surface area (Å²) < 4.78 is 11.7. The average Bonchev–Trinajstić information content (AvgIpc) is 2.94. The Kier molecular flexibility index (Phi) is 3.48. The third-order valence-electron chi connectivity index (χ3n) is 3.06. The van der Waals surface area contributed by atoms with Gasteiger partial charge in [0.2, 0.25) is 0 Å². The van der Waals surface area contributed by atoms with Crippen molar-refractivity contribution < 1.29 is 4.21 Å². The Bertz CT molecular complexity index is 679. The fraction of sp³-hybridized carbons (Fsp3) is 0.0625. The van der Waals surface area contributed by atoms with Gasteiger partial charge in [0, 0.05) is 17.4 Å². The van der Waals surface area contributed by atoms with Gasteiger partial charge in [0.15, 0.2) is 5.16 Å². The summed E-state index contributed by atoms with van der Waals surface area (Å²) in [6.45, 7) is 0. The first kappa shape index (κ1) is 12.8. The Labute approximate surface area is 120 Å². The molecule has 4 heteroatoms. The van der Waals surface area contributed by atoms with Crippen molar-refractivity contribution in [2.45, 2.75) is 5.16 Å². The van der Waals surface area contributed by atoms with Gasteiger partial charge >= 0.3 is 0 Å². The van der Waals surface area contributed by atoms with Gasteiger partial charge in [-0.1, -0.05) is 60.7 Å². The molecule has 1 heterocycles. The molecular weight excluding hydrogens is 268 g/mol. The van der Waals surface area contributed by atoms with E-state index in [-0.39, 0.29) is 0 Å². The molecule has 2 aromatic carbocycles. The predicted molar refractivity (Wildman–Crippen MR) is 81.8 cm³/mol. The van der Waals surface area contributed by atoms with E-state index in [0.29, 0.717) is 5.16 Å². The molecule has 100 valence electrons. The molecular formula is C16H14N2OS. The van der Waals surface area contributed by atoms with Gasteiger partial charge in [0.1, 0.15) is 0 Å². The molecule has 0 amide bonds. The largest absolute Gasteiger partial charge is 0.330 e. The maximum Gasteiger partial charge on any atom is 0.197 e. The fourth-order valence-electron chi connectivity index (χ4n) is 2.11. The number of nitrogens with zero attached hydrogens (tertiary/aromatic N) is 1. The summed E-state index contributed by atoms with van der Waals surface area (Å²) in [7, 11) is -1.13. The summed E-state index contributed by atoms with van der Waals surface area (Å²) in [5.41, 5.74) is 3.79. The van der Waals surface area contributed by atoms with Crippen LogP contribution in [0.1, 0.15) is 0 Å². The van der Waals surface area contributed by atoms with E-state index in [1.54, 1.807) is 6.26 Å². The highest BCUT2D eigenvalue weighted by atomic mass is 32.2. The van der Waals surface area contributed by atoms with Gasteiger partial charge in [0.05, 0.1) is 22.2 Å². The van der Waals surface area contributed by atoms with Gasteiger partial charge in [0.25, 0.3) is 0 Å². The molecule has 0 fully saturated rings.